The van der Waals surface area contributed by atoms with Gasteiger partial charge in [-0.05, 0) is 34.3 Å². The van der Waals surface area contributed by atoms with Crippen molar-refractivity contribution in [3.05, 3.63) is 19.8 Å². The van der Waals surface area contributed by atoms with E-state index in [-0.39, 0.29) is 0 Å². The third-order valence-corrected chi connectivity index (χ3v) is 6.16. The molecule has 6 heteroatoms. The van der Waals surface area contributed by atoms with Crippen LogP contribution in [0, 0.1) is 5.92 Å². The molecule has 1 N–H and O–H groups in total. The number of morpholine rings is 1. The Hall–Kier alpha value is 0.350. The fraction of sp³-hybridized carbons (Fsp3) is 0.733. The Morgan fingerprint density at radius 2 is 2.14 bits per heavy atom. The van der Waals surface area contributed by atoms with E-state index in [1.807, 2.05) is 0 Å². The smallest absolute Gasteiger partial charge is 0.107 e. The van der Waals surface area contributed by atoms with Crippen LogP contribution in [0.25, 0.3) is 0 Å². The molecule has 21 heavy (non-hydrogen) atoms. The topological polar surface area (TPSA) is 24.5 Å². The second-order valence-corrected chi connectivity index (χ2v) is 8.49. The van der Waals surface area contributed by atoms with Crippen LogP contribution in [0.4, 0.5) is 0 Å². The van der Waals surface area contributed by atoms with E-state index in [1.165, 1.54) is 11.3 Å². The van der Waals surface area contributed by atoms with Crippen molar-refractivity contribution in [2.24, 2.45) is 5.92 Å². The summed E-state index contributed by atoms with van der Waals surface area (Å²) in [6.45, 7) is 10.3. The number of thiophene rings is 1. The van der Waals surface area contributed by atoms with E-state index in [0.29, 0.717) is 12.0 Å². The molecule has 0 bridgehead atoms. The molecule has 1 aliphatic rings. The van der Waals surface area contributed by atoms with Gasteiger partial charge in [-0.15, -0.1) is 11.3 Å². The summed E-state index contributed by atoms with van der Waals surface area (Å²) in [5.74, 6) is 0.713. The number of hydrogen-bond donors (Lipinski definition) is 1. The summed E-state index contributed by atoms with van der Waals surface area (Å²) in [7, 11) is 0. The van der Waals surface area contributed by atoms with Crippen molar-refractivity contribution in [2.45, 2.75) is 32.9 Å². The van der Waals surface area contributed by atoms with Crippen LogP contribution in [0.5, 0.6) is 0 Å². The molecule has 0 radical (unpaired) electrons. The van der Waals surface area contributed by atoms with E-state index in [0.717, 1.165) is 48.2 Å². The molecule has 120 valence electrons. The fourth-order valence-electron chi connectivity index (χ4n) is 2.69. The van der Waals surface area contributed by atoms with Gasteiger partial charge < -0.3 is 10.1 Å². The highest BCUT2D eigenvalue weighted by atomic mass is 79.9. The Bertz CT molecular complexity index is 416. The van der Waals surface area contributed by atoms with Crippen molar-refractivity contribution in [1.82, 2.24) is 10.2 Å². The van der Waals surface area contributed by atoms with E-state index in [4.69, 9.17) is 16.3 Å². The SMILES string of the molecule is CC(C)CC(CNCc1cc(Br)c(Cl)s1)N1CCOCC1. The summed E-state index contributed by atoms with van der Waals surface area (Å²) in [5.41, 5.74) is 0. The van der Waals surface area contributed by atoms with Crippen molar-refractivity contribution >= 4 is 38.9 Å². The van der Waals surface area contributed by atoms with Gasteiger partial charge in [0, 0.05) is 41.6 Å². The molecule has 0 aromatic carbocycles. The maximum atomic E-state index is 6.08. The van der Waals surface area contributed by atoms with Crippen molar-refractivity contribution in [1.29, 1.82) is 0 Å². The maximum Gasteiger partial charge on any atom is 0.107 e. The standard InChI is InChI=1S/C15H24BrClN2OS/c1-11(2)7-12(19-3-5-20-6-4-19)9-18-10-13-8-14(16)15(17)21-13/h8,11-12,18H,3-7,9-10H2,1-2H3. The molecule has 1 unspecified atom stereocenters. The lowest BCUT2D eigenvalue weighted by molar-refractivity contribution is 0.0123. The zero-order valence-corrected chi connectivity index (χ0v) is 15.9. The number of halogens is 2. The van der Waals surface area contributed by atoms with Crippen LogP contribution in [0.2, 0.25) is 4.34 Å². The molecule has 0 saturated carbocycles. The van der Waals surface area contributed by atoms with Gasteiger partial charge >= 0.3 is 0 Å². The lowest BCUT2D eigenvalue weighted by Gasteiger charge is -2.35. The zero-order chi connectivity index (χ0) is 15.2. The summed E-state index contributed by atoms with van der Waals surface area (Å²) >= 11 is 11.2. The van der Waals surface area contributed by atoms with Gasteiger partial charge in [-0.2, -0.15) is 0 Å². The van der Waals surface area contributed by atoms with E-state index >= 15 is 0 Å². The van der Waals surface area contributed by atoms with Gasteiger partial charge in [0.2, 0.25) is 0 Å². The maximum absolute atomic E-state index is 6.08. The molecule has 1 fully saturated rings. The molecule has 2 rings (SSSR count). The highest BCUT2D eigenvalue weighted by Gasteiger charge is 2.21. The predicted octanol–water partition coefficient (Wildman–Crippen LogP) is 4.00. The lowest BCUT2D eigenvalue weighted by atomic mass is 10.0. The van der Waals surface area contributed by atoms with Gasteiger partial charge in [0.1, 0.15) is 4.34 Å². The normalized spacial score (nSPS) is 18.3. The largest absolute Gasteiger partial charge is 0.379 e. The predicted molar refractivity (Wildman–Crippen MR) is 94.4 cm³/mol. The molecular formula is C15H24BrClN2OS. The van der Waals surface area contributed by atoms with Crippen molar-refractivity contribution in [2.75, 3.05) is 32.8 Å². The number of nitrogens with one attached hydrogen (secondary N) is 1. The second kappa shape index (κ2) is 8.85. The number of hydrogen-bond acceptors (Lipinski definition) is 4. The van der Waals surface area contributed by atoms with E-state index < -0.39 is 0 Å². The molecule has 0 spiro atoms. The van der Waals surface area contributed by atoms with Crippen molar-refractivity contribution < 1.29 is 4.74 Å². The minimum atomic E-state index is 0.591. The Morgan fingerprint density at radius 3 is 2.71 bits per heavy atom. The van der Waals surface area contributed by atoms with Crippen LogP contribution in [0.15, 0.2) is 10.5 Å². The van der Waals surface area contributed by atoms with Crippen LogP contribution < -0.4 is 5.32 Å². The Balaban J connectivity index is 1.83. The van der Waals surface area contributed by atoms with Gasteiger partial charge in [0.15, 0.2) is 0 Å². The van der Waals surface area contributed by atoms with Crippen molar-refractivity contribution in [3.63, 3.8) is 0 Å². The molecular weight excluding hydrogens is 372 g/mol. The summed E-state index contributed by atoms with van der Waals surface area (Å²) < 4.78 is 7.29. The molecule has 1 aromatic heterocycles. The van der Waals surface area contributed by atoms with Crippen molar-refractivity contribution in [3.8, 4) is 0 Å². The minimum absolute atomic E-state index is 0.591. The summed E-state index contributed by atoms with van der Waals surface area (Å²) in [4.78, 5) is 3.84. The summed E-state index contributed by atoms with van der Waals surface area (Å²) in [6, 6.07) is 2.69. The summed E-state index contributed by atoms with van der Waals surface area (Å²) in [6.07, 6.45) is 1.22. The number of ether oxygens (including phenoxy) is 1. The third-order valence-electron chi connectivity index (χ3n) is 3.68. The van der Waals surface area contributed by atoms with Gasteiger partial charge in [-0.3, -0.25) is 4.90 Å². The molecule has 1 atom stereocenters. The van der Waals surface area contributed by atoms with Crippen LogP contribution in [0.3, 0.4) is 0 Å². The molecule has 0 aliphatic carbocycles. The molecule has 1 aliphatic heterocycles. The van der Waals surface area contributed by atoms with Gasteiger partial charge in [0.25, 0.3) is 0 Å². The highest BCUT2D eigenvalue weighted by Crippen LogP contribution is 2.31. The van der Waals surface area contributed by atoms with Crippen LogP contribution in [-0.2, 0) is 11.3 Å². The van der Waals surface area contributed by atoms with E-state index in [2.05, 4.69) is 46.1 Å². The minimum Gasteiger partial charge on any atom is -0.379 e. The fourth-order valence-corrected chi connectivity index (χ4v) is 4.45. The van der Waals surface area contributed by atoms with Crippen LogP contribution in [-0.4, -0.2) is 43.8 Å². The second-order valence-electron chi connectivity index (χ2n) is 5.90. The Labute approximate surface area is 145 Å². The first-order valence-corrected chi connectivity index (χ1v) is 9.51. The molecule has 1 saturated heterocycles. The average Bonchev–Trinajstić information content (AvgIpc) is 2.77. The van der Waals surface area contributed by atoms with E-state index in [9.17, 15) is 0 Å². The monoisotopic (exact) mass is 394 g/mol. The molecule has 2 heterocycles. The Kier molecular flexibility index (Phi) is 7.46. The van der Waals surface area contributed by atoms with Gasteiger partial charge in [-0.25, -0.2) is 0 Å². The quantitative estimate of drug-likeness (QED) is 0.755. The zero-order valence-electron chi connectivity index (χ0n) is 12.7. The first-order chi connectivity index (χ1) is 10.1. The summed E-state index contributed by atoms with van der Waals surface area (Å²) in [5, 5.41) is 3.59. The number of rotatable bonds is 7. The van der Waals surface area contributed by atoms with Gasteiger partial charge in [-0.1, -0.05) is 25.4 Å². The number of nitrogens with zero attached hydrogens (tertiary/aromatic N) is 1. The van der Waals surface area contributed by atoms with Crippen LogP contribution in [0.1, 0.15) is 25.1 Å². The van der Waals surface area contributed by atoms with Crippen LogP contribution >= 0.6 is 38.9 Å². The molecule has 0 amide bonds. The third kappa shape index (κ3) is 5.81. The highest BCUT2D eigenvalue weighted by molar-refractivity contribution is 9.10. The van der Waals surface area contributed by atoms with Gasteiger partial charge in [0.05, 0.1) is 13.2 Å². The average molecular weight is 396 g/mol. The van der Waals surface area contributed by atoms with E-state index in [1.54, 1.807) is 11.3 Å². The molecule has 3 nitrogen and oxygen atoms in total. The Morgan fingerprint density at radius 1 is 1.43 bits per heavy atom. The first-order valence-electron chi connectivity index (χ1n) is 7.52. The molecule has 1 aromatic rings. The lowest BCUT2D eigenvalue weighted by Crippen LogP contribution is -2.48. The first kappa shape index (κ1) is 17.7.